The largest absolute Gasteiger partial charge is 0.369 e. The van der Waals surface area contributed by atoms with Gasteiger partial charge in [-0.05, 0) is 50.6 Å². The quantitative estimate of drug-likeness (QED) is 0.872. The Balaban J connectivity index is 1.57. The summed E-state index contributed by atoms with van der Waals surface area (Å²) < 4.78 is 0. The van der Waals surface area contributed by atoms with Gasteiger partial charge in [-0.1, -0.05) is 12.2 Å². The second-order valence-corrected chi connectivity index (χ2v) is 6.31. The van der Waals surface area contributed by atoms with Gasteiger partial charge in [-0.15, -0.1) is 0 Å². The number of benzene rings is 1. The number of likely N-dealkylation sites (N-methyl/N-ethyl adjacent to an activating group) is 1. The van der Waals surface area contributed by atoms with Crippen molar-refractivity contribution in [3.05, 3.63) is 36.4 Å². The standard InChI is InChI=1S/C18H25N3O/c1-20-11-13-21(14-12-20)17-9-7-16(8-10-17)19-18(22)15-5-3-2-4-6-15/h2-3,7-10,15H,4-6,11-14H2,1H3,(H,19,22)/t15-/m0/s1. The van der Waals surface area contributed by atoms with Crippen molar-refractivity contribution in [1.29, 1.82) is 0 Å². The summed E-state index contributed by atoms with van der Waals surface area (Å²) in [5.74, 6) is 0.277. The summed E-state index contributed by atoms with van der Waals surface area (Å²) in [6.07, 6.45) is 7.12. The van der Waals surface area contributed by atoms with Crippen molar-refractivity contribution in [2.75, 3.05) is 43.4 Å². The summed E-state index contributed by atoms with van der Waals surface area (Å²) in [7, 11) is 2.16. The number of hydrogen-bond acceptors (Lipinski definition) is 3. The maximum Gasteiger partial charge on any atom is 0.227 e. The Morgan fingerprint density at radius 2 is 1.82 bits per heavy atom. The van der Waals surface area contributed by atoms with Gasteiger partial charge < -0.3 is 15.1 Å². The highest BCUT2D eigenvalue weighted by atomic mass is 16.1. The van der Waals surface area contributed by atoms with Crippen LogP contribution in [0.15, 0.2) is 36.4 Å². The molecule has 0 radical (unpaired) electrons. The first-order valence-corrected chi connectivity index (χ1v) is 8.22. The lowest BCUT2D eigenvalue weighted by Crippen LogP contribution is -2.44. The number of hydrogen-bond donors (Lipinski definition) is 1. The number of nitrogens with zero attached hydrogens (tertiary/aromatic N) is 2. The van der Waals surface area contributed by atoms with Crippen LogP contribution in [-0.2, 0) is 4.79 Å². The Morgan fingerprint density at radius 1 is 1.09 bits per heavy atom. The molecule has 0 aromatic heterocycles. The van der Waals surface area contributed by atoms with Gasteiger partial charge in [-0.2, -0.15) is 0 Å². The number of carbonyl (C=O) groups excluding carboxylic acids is 1. The van der Waals surface area contributed by atoms with Gasteiger partial charge in [0.2, 0.25) is 5.91 Å². The summed E-state index contributed by atoms with van der Waals surface area (Å²) in [5, 5.41) is 3.05. The predicted octanol–water partition coefficient (Wildman–Crippen LogP) is 2.73. The predicted molar refractivity (Wildman–Crippen MR) is 91.3 cm³/mol. The third kappa shape index (κ3) is 3.69. The molecule has 1 heterocycles. The first-order chi connectivity index (χ1) is 10.7. The van der Waals surface area contributed by atoms with Crippen molar-refractivity contribution in [3.8, 4) is 0 Å². The van der Waals surface area contributed by atoms with E-state index in [0.717, 1.165) is 51.1 Å². The van der Waals surface area contributed by atoms with Gasteiger partial charge in [0.15, 0.2) is 0 Å². The van der Waals surface area contributed by atoms with E-state index in [1.54, 1.807) is 0 Å². The molecule has 1 atom stereocenters. The molecule has 0 unspecified atom stereocenters. The van der Waals surface area contributed by atoms with E-state index in [1.807, 2.05) is 12.1 Å². The smallest absolute Gasteiger partial charge is 0.227 e. The van der Waals surface area contributed by atoms with Gasteiger partial charge in [-0.25, -0.2) is 0 Å². The minimum atomic E-state index is 0.127. The first kappa shape index (κ1) is 15.1. The Morgan fingerprint density at radius 3 is 2.45 bits per heavy atom. The zero-order valence-corrected chi connectivity index (χ0v) is 13.3. The van der Waals surface area contributed by atoms with E-state index < -0.39 is 0 Å². The highest BCUT2D eigenvalue weighted by Gasteiger charge is 2.19. The minimum absolute atomic E-state index is 0.127. The van der Waals surface area contributed by atoms with Gasteiger partial charge in [0.1, 0.15) is 0 Å². The molecular formula is C18H25N3O. The van der Waals surface area contributed by atoms with E-state index >= 15 is 0 Å². The van der Waals surface area contributed by atoms with E-state index in [0.29, 0.717) is 0 Å². The van der Waals surface area contributed by atoms with Crippen molar-refractivity contribution in [2.24, 2.45) is 5.92 Å². The molecule has 1 fully saturated rings. The number of amides is 1. The average molecular weight is 299 g/mol. The van der Waals surface area contributed by atoms with Crippen LogP contribution in [0.25, 0.3) is 0 Å². The molecule has 0 bridgehead atoms. The van der Waals surface area contributed by atoms with Crippen LogP contribution in [0.1, 0.15) is 19.3 Å². The molecule has 1 aliphatic carbocycles. The fourth-order valence-electron chi connectivity index (χ4n) is 3.10. The minimum Gasteiger partial charge on any atom is -0.369 e. The van der Waals surface area contributed by atoms with E-state index in [1.165, 1.54) is 5.69 Å². The lowest BCUT2D eigenvalue weighted by atomic mass is 9.93. The number of piperazine rings is 1. The lowest BCUT2D eigenvalue weighted by molar-refractivity contribution is -0.120. The molecule has 22 heavy (non-hydrogen) atoms. The highest BCUT2D eigenvalue weighted by molar-refractivity contribution is 5.92. The zero-order valence-electron chi connectivity index (χ0n) is 13.3. The lowest BCUT2D eigenvalue weighted by Gasteiger charge is -2.34. The van der Waals surface area contributed by atoms with Crippen molar-refractivity contribution in [1.82, 2.24) is 4.90 Å². The summed E-state index contributed by atoms with van der Waals surface area (Å²) in [5.41, 5.74) is 2.14. The first-order valence-electron chi connectivity index (χ1n) is 8.22. The summed E-state index contributed by atoms with van der Waals surface area (Å²) in [6, 6.07) is 8.26. The second-order valence-electron chi connectivity index (χ2n) is 6.31. The van der Waals surface area contributed by atoms with Crippen molar-refractivity contribution in [2.45, 2.75) is 19.3 Å². The number of rotatable bonds is 3. The van der Waals surface area contributed by atoms with Crippen molar-refractivity contribution >= 4 is 17.3 Å². The number of allylic oxidation sites excluding steroid dienone is 2. The summed E-state index contributed by atoms with van der Waals surface area (Å²) in [6.45, 7) is 4.34. The van der Waals surface area contributed by atoms with Gasteiger partial charge in [0.05, 0.1) is 0 Å². The number of carbonyl (C=O) groups is 1. The molecule has 1 aliphatic heterocycles. The fourth-order valence-corrected chi connectivity index (χ4v) is 3.10. The molecule has 1 aromatic carbocycles. The average Bonchev–Trinajstić information content (AvgIpc) is 2.57. The van der Waals surface area contributed by atoms with E-state index in [9.17, 15) is 4.79 Å². The molecule has 118 valence electrons. The highest BCUT2D eigenvalue weighted by Crippen LogP contribution is 2.22. The maximum atomic E-state index is 12.2. The topological polar surface area (TPSA) is 35.6 Å². The van der Waals surface area contributed by atoms with E-state index in [2.05, 4.69) is 46.4 Å². The molecular weight excluding hydrogens is 274 g/mol. The Hall–Kier alpha value is -1.81. The SMILES string of the molecule is CN1CCN(c2ccc(NC(=O)[C@H]3CC=CCC3)cc2)CC1. The summed E-state index contributed by atoms with van der Waals surface area (Å²) in [4.78, 5) is 17.0. The molecule has 2 aliphatic rings. The maximum absolute atomic E-state index is 12.2. The van der Waals surface area contributed by atoms with Gasteiger partial charge in [-0.3, -0.25) is 4.79 Å². The molecule has 0 spiro atoms. The van der Waals surface area contributed by atoms with Crippen LogP contribution in [0.2, 0.25) is 0 Å². The van der Waals surface area contributed by atoms with Gasteiger partial charge in [0, 0.05) is 43.5 Å². The molecule has 1 saturated heterocycles. The van der Waals surface area contributed by atoms with Crippen LogP contribution in [0.4, 0.5) is 11.4 Å². The number of anilines is 2. The van der Waals surface area contributed by atoms with Crippen LogP contribution in [-0.4, -0.2) is 44.0 Å². The zero-order chi connectivity index (χ0) is 15.4. The van der Waals surface area contributed by atoms with Crippen LogP contribution in [0.3, 0.4) is 0 Å². The van der Waals surface area contributed by atoms with Gasteiger partial charge >= 0.3 is 0 Å². The van der Waals surface area contributed by atoms with Crippen LogP contribution in [0.5, 0.6) is 0 Å². The third-order valence-corrected chi connectivity index (χ3v) is 4.64. The Labute approximate surface area is 132 Å². The monoisotopic (exact) mass is 299 g/mol. The van der Waals surface area contributed by atoms with Crippen molar-refractivity contribution < 1.29 is 4.79 Å². The third-order valence-electron chi connectivity index (χ3n) is 4.64. The van der Waals surface area contributed by atoms with E-state index in [-0.39, 0.29) is 11.8 Å². The molecule has 4 heteroatoms. The van der Waals surface area contributed by atoms with Gasteiger partial charge in [0.25, 0.3) is 0 Å². The van der Waals surface area contributed by atoms with Crippen LogP contribution < -0.4 is 10.2 Å². The molecule has 1 aromatic rings. The Bertz CT molecular complexity index is 530. The van der Waals surface area contributed by atoms with Crippen LogP contribution >= 0.6 is 0 Å². The van der Waals surface area contributed by atoms with Crippen molar-refractivity contribution in [3.63, 3.8) is 0 Å². The fraction of sp³-hybridized carbons (Fsp3) is 0.500. The normalized spacial score (nSPS) is 22.6. The van der Waals surface area contributed by atoms with E-state index in [4.69, 9.17) is 0 Å². The number of nitrogens with one attached hydrogen (secondary N) is 1. The molecule has 4 nitrogen and oxygen atoms in total. The molecule has 1 amide bonds. The molecule has 0 saturated carbocycles. The Kier molecular flexibility index (Phi) is 4.78. The molecule has 1 N–H and O–H groups in total. The van der Waals surface area contributed by atoms with Crippen LogP contribution in [0, 0.1) is 5.92 Å². The molecule has 3 rings (SSSR count). The second kappa shape index (κ2) is 6.97. The summed E-state index contributed by atoms with van der Waals surface area (Å²) >= 11 is 0.